The van der Waals surface area contributed by atoms with Crippen LogP contribution in [0.15, 0.2) is 49.6 Å². The molecule has 0 bridgehead atoms. The molecule has 2 aromatic carbocycles. The van der Waals surface area contributed by atoms with Crippen molar-refractivity contribution in [1.82, 2.24) is 15.4 Å². The molecule has 0 saturated carbocycles. The lowest BCUT2D eigenvalue weighted by Crippen LogP contribution is -2.06. The molecule has 5 heteroatoms. The van der Waals surface area contributed by atoms with Gasteiger partial charge in [-0.1, -0.05) is 37.4 Å². The van der Waals surface area contributed by atoms with E-state index in [1.54, 1.807) is 0 Å². The zero-order valence-corrected chi connectivity index (χ0v) is 12.7. The van der Waals surface area contributed by atoms with Crippen LogP contribution in [0.2, 0.25) is 0 Å². The van der Waals surface area contributed by atoms with Gasteiger partial charge in [-0.25, -0.2) is 0 Å². The Bertz CT molecular complexity index is 838. The van der Waals surface area contributed by atoms with Crippen LogP contribution in [0, 0.1) is 0 Å². The van der Waals surface area contributed by atoms with E-state index in [4.69, 9.17) is 4.74 Å². The molecule has 116 valence electrons. The molecule has 0 unspecified atom stereocenters. The molecule has 3 rings (SSSR count). The number of nitrogens with zero attached hydrogens (tertiary/aromatic N) is 2. The Balaban J connectivity index is 1.58. The summed E-state index contributed by atoms with van der Waals surface area (Å²) in [6.45, 7) is 8.53. The summed E-state index contributed by atoms with van der Waals surface area (Å²) in [5.41, 5.74) is 5.83. The molecule has 0 aliphatic rings. The standard InChI is InChI=1S/C18H18N4O/c1-3-13-5-6-14(4-2)15(9-13)11-23-12-19-16-7-8-17-18(10-16)21-22-20-17/h3-10,19H,1-2,11-12H2,(H,20,21,22). The smallest absolute Gasteiger partial charge is 0.116 e. The second-order valence-electron chi connectivity index (χ2n) is 5.06. The Morgan fingerprint density at radius 2 is 1.91 bits per heavy atom. The Morgan fingerprint density at radius 1 is 1.04 bits per heavy atom. The van der Waals surface area contributed by atoms with Gasteiger partial charge >= 0.3 is 0 Å². The monoisotopic (exact) mass is 306 g/mol. The highest BCUT2D eigenvalue weighted by molar-refractivity contribution is 5.77. The molecular formula is C18H18N4O. The third-order valence-electron chi connectivity index (χ3n) is 3.57. The maximum atomic E-state index is 5.72. The average molecular weight is 306 g/mol. The number of hydrogen-bond donors (Lipinski definition) is 2. The molecule has 0 atom stereocenters. The lowest BCUT2D eigenvalue weighted by molar-refractivity contribution is 0.138. The largest absolute Gasteiger partial charge is 0.363 e. The number of anilines is 1. The number of nitrogens with one attached hydrogen (secondary N) is 2. The van der Waals surface area contributed by atoms with Gasteiger partial charge in [0.25, 0.3) is 0 Å². The normalized spacial score (nSPS) is 10.6. The summed E-state index contributed by atoms with van der Waals surface area (Å²) in [6.07, 6.45) is 3.65. The fourth-order valence-corrected chi connectivity index (χ4v) is 2.32. The van der Waals surface area contributed by atoms with Gasteiger partial charge in [-0.15, -0.1) is 0 Å². The SMILES string of the molecule is C=Cc1ccc(C=C)c(COCNc2ccc3n[nH]nc3c2)c1. The maximum absolute atomic E-state index is 5.72. The highest BCUT2D eigenvalue weighted by Crippen LogP contribution is 2.17. The first kappa shape index (κ1) is 15.0. The molecule has 0 aliphatic carbocycles. The van der Waals surface area contributed by atoms with Crippen LogP contribution < -0.4 is 5.32 Å². The highest BCUT2D eigenvalue weighted by atomic mass is 16.5. The third kappa shape index (κ3) is 3.46. The molecule has 0 saturated heterocycles. The van der Waals surface area contributed by atoms with Crippen LogP contribution in [0.5, 0.6) is 0 Å². The molecule has 0 radical (unpaired) electrons. The number of rotatable bonds is 7. The molecule has 0 spiro atoms. The second-order valence-corrected chi connectivity index (χ2v) is 5.06. The minimum atomic E-state index is 0.401. The van der Waals surface area contributed by atoms with Gasteiger partial charge < -0.3 is 10.1 Å². The van der Waals surface area contributed by atoms with Crippen molar-refractivity contribution in [2.24, 2.45) is 0 Å². The zero-order valence-electron chi connectivity index (χ0n) is 12.7. The van der Waals surface area contributed by atoms with Gasteiger partial charge in [0.05, 0.1) is 6.61 Å². The molecule has 1 aromatic heterocycles. The van der Waals surface area contributed by atoms with E-state index in [-0.39, 0.29) is 0 Å². The maximum Gasteiger partial charge on any atom is 0.116 e. The average Bonchev–Trinajstić information content (AvgIpc) is 3.06. The van der Waals surface area contributed by atoms with E-state index in [2.05, 4.69) is 40.0 Å². The van der Waals surface area contributed by atoms with Gasteiger partial charge in [-0.05, 0) is 41.0 Å². The van der Waals surface area contributed by atoms with Gasteiger partial charge in [0, 0.05) is 5.69 Å². The molecule has 5 nitrogen and oxygen atoms in total. The number of ether oxygens (including phenoxy) is 1. The molecule has 3 aromatic rings. The fourth-order valence-electron chi connectivity index (χ4n) is 2.32. The van der Waals surface area contributed by atoms with Gasteiger partial charge in [-0.2, -0.15) is 15.4 Å². The van der Waals surface area contributed by atoms with E-state index in [1.165, 1.54) is 0 Å². The predicted molar refractivity (Wildman–Crippen MR) is 93.8 cm³/mol. The van der Waals surface area contributed by atoms with E-state index >= 15 is 0 Å². The van der Waals surface area contributed by atoms with Crippen molar-refractivity contribution in [3.05, 3.63) is 66.2 Å². The number of H-pyrrole nitrogens is 1. The Morgan fingerprint density at radius 3 is 2.74 bits per heavy atom. The minimum Gasteiger partial charge on any atom is -0.363 e. The first-order valence-electron chi connectivity index (χ1n) is 7.30. The van der Waals surface area contributed by atoms with Crippen molar-refractivity contribution in [3.63, 3.8) is 0 Å². The van der Waals surface area contributed by atoms with Crippen molar-refractivity contribution >= 4 is 28.9 Å². The topological polar surface area (TPSA) is 62.8 Å². The van der Waals surface area contributed by atoms with E-state index in [0.717, 1.165) is 33.4 Å². The molecule has 0 aliphatic heterocycles. The molecule has 1 heterocycles. The summed E-state index contributed by atoms with van der Waals surface area (Å²) in [7, 11) is 0. The number of aromatic nitrogens is 3. The van der Waals surface area contributed by atoms with Crippen molar-refractivity contribution < 1.29 is 4.74 Å². The highest BCUT2D eigenvalue weighted by Gasteiger charge is 2.02. The first-order chi connectivity index (χ1) is 11.3. The molecule has 2 N–H and O–H groups in total. The van der Waals surface area contributed by atoms with Crippen molar-refractivity contribution in [2.75, 3.05) is 12.0 Å². The van der Waals surface area contributed by atoms with Gasteiger partial charge in [0.2, 0.25) is 0 Å². The Kier molecular flexibility index (Phi) is 4.49. The summed E-state index contributed by atoms with van der Waals surface area (Å²) in [5, 5.41) is 13.9. The van der Waals surface area contributed by atoms with E-state index in [9.17, 15) is 0 Å². The van der Waals surface area contributed by atoms with Crippen LogP contribution in [-0.2, 0) is 11.3 Å². The zero-order chi connectivity index (χ0) is 16.1. The van der Waals surface area contributed by atoms with E-state index in [1.807, 2.05) is 42.5 Å². The molecule has 0 amide bonds. The van der Waals surface area contributed by atoms with Gasteiger partial charge in [0.15, 0.2) is 0 Å². The number of hydrogen-bond acceptors (Lipinski definition) is 4. The predicted octanol–water partition coefficient (Wildman–Crippen LogP) is 3.83. The fraction of sp³-hybridized carbons (Fsp3) is 0.111. The number of benzene rings is 2. The molecule has 0 fully saturated rings. The summed E-state index contributed by atoms with van der Waals surface area (Å²) < 4.78 is 5.72. The quantitative estimate of drug-likeness (QED) is 0.514. The summed E-state index contributed by atoms with van der Waals surface area (Å²) in [5.74, 6) is 0. The first-order valence-corrected chi connectivity index (χ1v) is 7.30. The van der Waals surface area contributed by atoms with Crippen molar-refractivity contribution in [3.8, 4) is 0 Å². The Hall–Kier alpha value is -2.92. The number of aromatic amines is 1. The van der Waals surface area contributed by atoms with Crippen LogP contribution in [-0.4, -0.2) is 22.1 Å². The van der Waals surface area contributed by atoms with Crippen molar-refractivity contribution in [2.45, 2.75) is 6.61 Å². The van der Waals surface area contributed by atoms with Gasteiger partial charge in [0.1, 0.15) is 17.8 Å². The lowest BCUT2D eigenvalue weighted by atomic mass is 10.0. The van der Waals surface area contributed by atoms with Crippen LogP contribution in [0.3, 0.4) is 0 Å². The minimum absolute atomic E-state index is 0.401. The summed E-state index contributed by atoms with van der Waals surface area (Å²) >= 11 is 0. The number of fused-ring (bicyclic) bond motifs is 1. The third-order valence-corrected chi connectivity index (χ3v) is 3.57. The van der Waals surface area contributed by atoms with Crippen LogP contribution in [0.25, 0.3) is 23.2 Å². The van der Waals surface area contributed by atoms with Crippen LogP contribution >= 0.6 is 0 Å². The van der Waals surface area contributed by atoms with Gasteiger partial charge in [-0.3, -0.25) is 0 Å². The van der Waals surface area contributed by atoms with Crippen LogP contribution in [0.4, 0.5) is 5.69 Å². The Labute approximate surface area is 134 Å². The molecular weight excluding hydrogens is 288 g/mol. The lowest BCUT2D eigenvalue weighted by Gasteiger charge is -2.10. The van der Waals surface area contributed by atoms with Crippen molar-refractivity contribution in [1.29, 1.82) is 0 Å². The summed E-state index contributed by atoms with van der Waals surface area (Å²) in [6, 6.07) is 11.9. The molecule has 23 heavy (non-hydrogen) atoms. The van der Waals surface area contributed by atoms with Crippen LogP contribution in [0.1, 0.15) is 16.7 Å². The second kappa shape index (κ2) is 6.89. The van der Waals surface area contributed by atoms with E-state index in [0.29, 0.717) is 13.3 Å². The van der Waals surface area contributed by atoms with E-state index < -0.39 is 0 Å². The summed E-state index contributed by atoms with van der Waals surface area (Å²) in [4.78, 5) is 0.